The Morgan fingerprint density at radius 3 is 2.78 bits per heavy atom. The monoisotopic (exact) mass is 240 g/mol. The Hall–Kier alpha value is -2.49. The number of benzene rings is 1. The van der Waals surface area contributed by atoms with Crippen molar-refractivity contribution in [3.63, 3.8) is 0 Å². The number of nitrogens with one attached hydrogen (secondary N) is 1. The van der Waals surface area contributed by atoms with Gasteiger partial charge < -0.3 is 4.98 Å². The quantitative estimate of drug-likeness (QED) is 0.699. The Labute approximate surface area is 102 Å². The van der Waals surface area contributed by atoms with Gasteiger partial charge in [0.2, 0.25) is 0 Å². The molecule has 0 saturated carbocycles. The zero-order chi connectivity index (χ0) is 12.5. The lowest BCUT2D eigenvalue weighted by atomic mass is 10.1. The van der Waals surface area contributed by atoms with E-state index in [0.29, 0.717) is 27.9 Å². The van der Waals surface area contributed by atoms with E-state index in [0.717, 1.165) is 6.29 Å². The first kappa shape index (κ1) is 10.7. The topological polar surface area (TPSA) is 45.8 Å². The molecule has 0 bridgehead atoms. The number of hydrogen-bond acceptors (Lipinski definition) is 2. The van der Waals surface area contributed by atoms with Gasteiger partial charge in [0.25, 0.3) is 0 Å². The van der Waals surface area contributed by atoms with Gasteiger partial charge in [0.1, 0.15) is 5.82 Å². The molecule has 3 aromatic rings. The number of aromatic amines is 1. The third-order valence-electron chi connectivity index (χ3n) is 2.86. The number of H-pyrrole nitrogens is 1. The number of nitrogens with zero attached hydrogens (tertiary/aromatic N) is 1. The maximum atomic E-state index is 13.7. The van der Waals surface area contributed by atoms with E-state index in [4.69, 9.17) is 0 Å². The molecule has 0 amide bonds. The summed E-state index contributed by atoms with van der Waals surface area (Å²) >= 11 is 0. The molecular formula is C14H9FN2O. The van der Waals surface area contributed by atoms with Crippen molar-refractivity contribution in [2.75, 3.05) is 0 Å². The van der Waals surface area contributed by atoms with E-state index in [1.165, 1.54) is 6.07 Å². The molecular weight excluding hydrogens is 231 g/mol. The standard InChI is InChI=1S/C14H9FN2O/c15-11-5-3-4-9-10(8-18)14(17-13(9)11)12-6-1-2-7-16-12/h1-8,17H. The molecule has 0 fully saturated rings. The molecule has 18 heavy (non-hydrogen) atoms. The van der Waals surface area contributed by atoms with Crippen molar-refractivity contribution in [3.8, 4) is 11.4 Å². The SMILES string of the molecule is O=Cc1c(-c2ccccn2)[nH]c2c(F)cccc12. The second-order valence-corrected chi connectivity index (χ2v) is 3.91. The lowest BCUT2D eigenvalue weighted by Crippen LogP contribution is -1.86. The van der Waals surface area contributed by atoms with Gasteiger partial charge in [0, 0.05) is 17.1 Å². The molecule has 0 saturated heterocycles. The third kappa shape index (κ3) is 1.50. The zero-order valence-electron chi connectivity index (χ0n) is 9.35. The highest BCUT2D eigenvalue weighted by atomic mass is 19.1. The molecule has 0 aliphatic heterocycles. The van der Waals surface area contributed by atoms with Gasteiger partial charge in [0.05, 0.1) is 16.9 Å². The summed E-state index contributed by atoms with van der Waals surface area (Å²) < 4.78 is 13.7. The molecule has 0 atom stereocenters. The normalized spacial score (nSPS) is 10.7. The van der Waals surface area contributed by atoms with Gasteiger partial charge in [0.15, 0.2) is 6.29 Å². The lowest BCUT2D eigenvalue weighted by Gasteiger charge is -1.97. The summed E-state index contributed by atoms with van der Waals surface area (Å²) in [5, 5.41) is 0.575. The number of halogens is 1. The van der Waals surface area contributed by atoms with Gasteiger partial charge in [-0.25, -0.2) is 4.39 Å². The highest BCUT2D eigenvalue weighted by Crippen LogP contribution is 2.29. The molecule has 0 radical (unpaired) electrons. The van der Waals surface area contributed by atoms with Crippen molar-refractivity contribution in [2.24, 2.45) is 0 Å². The Morgan fingerprint density at radius 1 is 1.17 bits per heavy atom. The van der Waals surface area contributed by atoms with E-state index >= 15 is 0 Å². The first-order valence-electron chi connectivity index (χ1n) is 5.48. The van der Waals surface area contributed by atoms with Crippen molar-refractivity contribution in [1.82, 2.24) is 9.97 Å². The summed E-state index contributed by atoms with van der Waals surface area (Å²) in [5.74, 6) is -0.377. The second-order valence-electron chi connectivity index (χ2n) is 3.91. The maximum absolute atomic E-state index is 13.7. The number of hydrogen-bond donors (Lipinski definition) is 1. The molecule has 2 heterocycles. The number of aldehydes is 1. The molecule has 1 aromatic carbocycles. The van der Waals surface area contributed by atoms with Gasteiger partial charge in [-0.05, 0) is 18.2 Å². The van der Waals surface area contributed by atoms with E-state index in [1.54, 1.807) is 30.5 Å². The maximum Gasteiger partial charge on any atom is 0.152 e. The van der Waals surface area contributed by atoms with Crippen LogP contribution in [0, 0.1) is 5.82 Å². The number of carbonyl (C=O) groups excluding carboxylic acids is 1. The summed E-state index contributed by atoms with van der Waals surface area (Å²) in [5.41, 5.74) is 1.93. The van der Waals surface area contributed by atoms with Gasteiger partial charge in [-0.3, -0.25) is 9.78 Å². The molecule has 0 unspecified atom stereocenters. The average molecular weight is 240 g/mol. The molecule has 0 spiro atoms. The van der Waals surface area contributed by atoms with E-state index in [1.807, 2.05) is 6.07 Å². The van der Waals surface area contributed by atoms with Crippen LogP contribution in [0.15, 0.2) is 42.6 Å². The Morgan fingerprint density at radius 2 is 2.06 bits per heavy atom. The van der Waals surface area contributed by atoms with Crippen LogP contribution in [-0.4, -0.2) is 16.3 Å². The van der Waals surface area contributed by atoms with Gasteiger partial charge in [-0.2, -0.15) is 0 Å². The Kier molecular flexibility index (Phi) is 2.41. The van der Waals surface area contributed by atoms with Crippen molar-refractivity contribution in [1.29, 1.82) is 0 Å². The number of pyridine rings is 1. The van der Waals surface area contributed by atoms with Gasteiger partial charge >= 0.3 is 0 Å². The molecule has 4 heteroatoms. The summed E-state index contributed by atoms with van der Waals surface area (Å²) in [6.07, 6.45) is 2.36. The average Bonchev–Trinajstić information content (AvgIpc) is 2.80. The summed E-state index contributed by atoms with van der Waals surface area (Å²) in [4.78, 5) is 18.3. The fourth-order valence-electron chi connectivity index (χ4n) is 2.04. The molecule has 88 valence electrons. The first-order chi connectivity index (χ1) is 8.81. The molecule has 2 aromatic heterocycles. The largest absolute Gasteiger partial charge is 0.350 e. The van der Waals surface area contributed by atoms with E-state index in [9.17, 15) is 9.18 Å². The van der Waals surface area contributed by atoms with Crippen molar-refractivity contribution >= 4 is 17.2 Å². The van der Waals surface area contributed by atoms with E-state index in [2.05, 4.69) is 9.97 Å². The highest BCUT2D eigenvalue weighted by Gasteiger charge is 2.15. The van der Waals surface area contributed by atoms with Crippen molar-refractivity contribution in [2.45, 2.75) is 0 Å². The number of rotatable bonds is 2. The minimum absolute atomic E-state index is 0.334. The predicted octanol–water partition coefficient (Wildman–Crippen LogP) is 3.18. The minimum Gasteiger partial charge on any atom is -0.350 e. The van der Waals surface area contributed by atoms with Crippen LogP contribution < -0.4 is 0 Å². The third-order valence-corrected chi connectivity index (χ3v) is 2.86. The highest BCUT2D eigenvalue weighted by molar-refractivity contribution is 6.04. The lowest BCUT2D eigenvalue weighted by molar-refractivity contribution is 0.112. The second kappa shape index (κ2) is 4.07. The van der Waals surface area contributed by atoms with E-state index in [-0.39, 0.29) is 5.82 Å². The molecule has 3 rings (SSSR count). The van der Waals surface area contributed by atoms with Crippen molar-refractivity contribution < 1.29 is 9.18 Å². The van der Waals surface area contributed by atoms with Crippen LogP contribution in [-0.2, 0) is 0 Å². The van der Waals surface area contributed by atoms with Gasteiger partial charge in [-0.1, -0.05) is 18.2 Å². The minimum atomic E-state index is -0.377. The predicted molar refractivity (Wildman–Crippen MR) is 66.9 cm³/mol. The zero-order valence-corrected chi connectivity index (χ0v) is 9.35. The number of aromatic nitrogens is 2. The Bertz CT molecular complexity index is 719. The molecule has 0 aliphatic carbocycles. The summed E-state index contributed by atoms with van der Waals surface area (Å²) in [6.45, 7) is 0. The Balaban J connectivity index is 2.37. The van der Waals surface area contributed by atoms with Crippen LogP contribution >= 0.6 is 0 Å². The molecule has 3 nitrogen and oxygen atoms in total. The van der Waals surface area contributed by atoms with Crippen molar-refractivity contribution in [3.05, 3.63) is 54.0 Å². The van der Waals surface area contributed by atoms with Crippen LogP contribution in [0.3, 0.4) is 0 Å². The fraction of sp³-hybridized carbons (Fsp3) is 0. The van der Waals surface area contributed by atoms with Crippen LogP contribution in [0.4, 0.5) is 4.39 Å². The van der Waals surface area contributed by atoms with Crippen LogP contribution in [0.2, 0.25) is 0 Å². The van der Waals surface area contributed by atoms with Crippen LogP contribution in [0.5, 0.6) is 0 Å². The summed E-state index contributed by atoms with van der Waals surface area (Å²) in [7, 11) is 0. The number of para-hydroxylation sites is 1. The molecule has 0 aliphatic rings. The smallest absolute Gasteiger partial charge is 0.152 e. The fourth-order valence-corrected chi connectivity index (χ4v) is 2.04. The van der Waals surface area contributed by atoms with E-state index < -0.39 is 0 Å². The number of fused-ring (bicyclic) bond motifs is 1. The molecule has 1 N–H and O–H groups in total. The first-order valence-corrected chi connectivity index (χ1v) is 5.48. The van der Waals surface area contributed by atoms with Crippen LogP contribution in [0.25, 0.3) is 22.3 Å². The number of carbonyl (C=O) groups is 1. The van der Waals surface area contributed by atoms with Gasteiger partial charge in [-0.15, -0.1) is 0 Å². The summed E-state index contributed by atoms with van der Waals surface area (Å²) in [6, 6.07) is 10.0. The van der Waals surface area contributed by atoms with Crippen LogP contribution in [0.1, 0.15) is 10.4 Å².